The molecule has 2 aromatic carbocycles. The Labute approximate surface area is 450 Å². The van der Waals surface area contributed by atoms with Crippen LogP contribution in [0.2, 0.25) is 0 Å². The number of carbonyl (C=O) groups is 7. The number of rotatable bonds is 26. The number of ether oxygens (including phenoxy) is 1. The molecule has 7 aromatic rings. The number of amides is 7. The molecule has 2 atom stereocenters. The van der Waals surface area contributed by atoms with Gasteiger partial charge in [-0.25, -0.2) is 24.1 Å². The molecule has 21 heteroatoms. The van der Waals surface area contributed by atoms with Crippen molar-refractivity contribution in [2.24, 2.45) is 17.6 Å². The van der Waals surface area contributed by atoms with Crippen molar-refractivity contribution in [1.29, 1.82) is 0 Å². The van der Waals surface area contributed by atoms with Gasteiger partial charge in [-0.3, -0.25) is 38.8 Å². The lowest BCUT2D eigenvalue weighted by Gasteiger charge is -2.24. The summed E-state index contributed by atoms with van der Waals surface area (Å²) in [7, 11) is 0. The van der Waals surface area contributed by atoms with E-state index < -0.39 is 30.0 Å². The van der Waals surface area contributed by atoms with Crippen molar-refractivity contribution in [3.63, 3.8) is 0 Å². The van der Waals surface area contributed by atoms with E-state index in [0.29, 0.717) is 71.9 Å². The number of carbonyl (C=O) groups excluding carboxylic acids is 7. The first-order chi connectivity index (χ1) is 37.7. The van der Waals surface area contributed by atoms with Crippen LogP contribution in [0.5, 0.6) is 0 Å². The van der Waals surface area contributed by atoms with E-state index in [-0.39, 0.29) is 81.5 Å². The molecule has 0 saturated heterocycles. The summed E-state index contributed by atoms with van der Waals surface area (Å²) < 4.78 is 7.65. The lowest BCUT2D eigenvalue weighted by Crippen LogP contribution is -2.45. The number of pyridine rings is 3. The molecule has 0 radical (unpaired) electrons. The number of aromatic amines is 1. The van der Waals surface area contributed by atoms with Crippen molar-refractivity contribution < 1.29 is 38.3 Å². The lowest BCUT2D eigenvalue weighted by molar-refractivity contribution is -0.137. The summed E-state index contributed by atoms with van der Waals surface area (Å²) in [5.41, 5.74) is 12.4. The highest BCUT2D eigenvalue weighted by Crippen LogP contribution is 2.30. The summed E-state index contributed by atoms with van der Waals surface area (Å²) in [4.78, 5) is 115. The molecule has 0 spiro atoms. The summed E-state index contributed by atoms with van der Waals surface area (Å²) in [6, 6.07) is 24.5. The molecular formula is C57H63N13O8. The number of H-pyrrole nitrogens is 1. The quantitative estimate of drug-likeness (QED) is 0.0270. The van der Waals surface area contributed by atoms with E-state index in [9.17, 15) is 33.6 Å². The van der Waals surface area contributed by atoms with Gasteiger partial charge >= 0.3 is 12.1 Å². The van der Waals surface area contributed by atoms with Gasteiger partial charge in [0.2, 0.25) is 11.8 Å². The van der Waals surface area contributed by atoms with Crippen LogP contribution in [-0.2, 0) is 48.3 Å². The summed E-state index contributed by atoms with van der Waals surface area (Å²) in [5, 5.41) is 13.6. The maximum absolute atomic E-state index is 14.3. The van der Waals surface area contributed by atoms with Gasteiger partial charge in [0, 0.05) is 85.3 Å². The highest BCUT2D eigenvalue weighted by Gasteiger charge is 2.30. The van der Waals surface area contributed by atoms with Gasteiger partial charge in [-0.15, -0.1) is 0 Å². The van der Waals surface area contributed by atoms with Gasteiger partial charge in [0.15, 0.2) is 11.4 Å². The smallest absolute Gasteiger partial charge is 0.410 e. The van der Waals surface area contributed by atoms with E-state index >= 15 is 0 Å². The Morgan fingerprint density at radius 3 is 2.42 bits per heavy atom. The van der Waals surface area contributed by atoms with Gasteiger partial charge in [0.05, 0.1) is 35.2 Å². The zero-order valence-electron chi connectivity index (χ0n) is 43.8. The molecule has 0 unspecified atom stereocenters. The highest BCUT2D eigenvalue weighted by molar-refractivity contribution is 6.12. The molecule has 1 aliphatic rings. The minimum absolute atomic E-state index is 0.0663. The molecule has 0 bridgehead atoms. The fraction of sp³-hybridized carbons (Fsp3) is 0.333. The number of primary amides is 1. The zero-order chi connectivity index (χ0) is 55.1. The van der Waals surface area contributed by atoms with Crippen LogP contribution in [0.3, 0.4) is 0 Å². The van der Waals surface area contributed by atoms with Crippen LogP contribution in [0.15, 0.2) is 116 Å². The maximum Gasteiger partial charge on any atom is 0.410 e. The van der Waals surface area contributed by atoms with E-state index in [2.05, 4.69) is 36.0 Å². The number of Topliss-reactive ketones (excluding diaryl/α,β-unsaturated/α-hetero) is 1. The number of hydrogen-bond donors (Lipinski definition) is 5. The van der Waals surface area contributed by atoms with Gasteiger partial charge < -0.3 is 36.3 Å². The van der Waals surface area contributed by atoms with E-state index in [4.69, 9.17) is 20.4 Å². The molecule has 0 aliphatic carbocycles. The SMILES string of the molecule is Cc1cccc(-c2[nH]c(CN(CCc3ccnc4ccccc34)C(=O)OCc3ccc(NC(=O)[C@H](CCCNC(N)=O)CC(=O)[C@@H](NC(=O)CCCCCN4C(=O)C=CC4=O)C(C)C)cc3)nc2-c2ccc3ncnn3c2)n1. The second-order valence-corrected chi connectivity index (χ2v) is 19.5. The Bertz CT molecular complexity index is 3310. The average molecular weight is 1060 g/mol. The molecule has 8 rings (SSSR count). The number of imide groups is 1. The number of urea groups is 1. The van der Waals surface area contributed by atoms with Crippen LogP contribution in [0.4, 0.5) is 15.3 Å². The topological polar surface area (TPSA) is 282 Å². The number of nitrogens with zero attached hydrogens (tertiary/aromatic N) is 8. The van der Waals surface area contributed by atoms with Crippen molar-refractivity contribution in [1.82, 2.24) is 55.0 Å². The maximum atomic E-state index is 14.3. The van der Waals surface area contributed by atoms with Crippen LogP contribution in [0.25, 0.3) is 39.2 Å². The van der Waals surface area contributed by atoms with E-state index in [0.717, 1.165) is 32.6 Å². The lowest BCUT2D eigenvalue weighted by atomic mass is 9.89. The zero-order valence-corrected chi connectivity index (χ0v) is 43.8. The number of fused-ring (bicyclic) bond motifs is 2. The Morgan fingerprint density at radius 2 is 1.65 bits per heavy atom. The summed E-state index contributed by atoms with van der Waals surface area (Å²) in [6.07, 6.45) is 9.62. The number of hydrogen-bond acceptors (Lipinski definition) is 13. The Hall–Kier alpha value is -9.14. The fourth-order valence-corrected chi connectivity index (χ4v) is 9.24. The monoisotopic (exact) mass is 1060 g/mol. The molecular weight excluding hydrogens is 995 g/mol. The minimum Gasteiger partial charge on any atom is -0.445 e. The first kappa shape index (κ1) is 55.1. The van der Waals surface area contributed by atoms with Gasteiger partial charge in [-0.05, 0) is 105 Å². The van der Waals surface area contributed by atoms with Gasteiger partial charge in [-0.1, -0.05) is 56.7 Å². The average Bonchev–Trinajstić information content (AvgIpc) is 4.18. The number of aryl methyl sites for hydroxylation is 1. The van der Waals surface area contributed by atoms with Crippen molar-refractivity contribution in [3.05, 3.63) is 138 Å². The molecule has 1 aliphatic heterocycles. The summed E-state index contributed by atoms with van der Waals surface area (Å²) in [5.74, 6) is -2.37. The van der Waals surface area contributed by atoms with Gasteiger partial charge in [0.25, 0.3) is 11.8 Å². The molecule has 404 valence electrons. The summed E-state index contributed by atoms with van der Waals surface area (Å²) in [6.45, 7) is 6.24. The number of unbranched alkanes of at least 4 members (excludes halogenated alkanes) is 2. The van der Waals surface area contributed by atoms with Crippen LogP contribution in [-0.4, -0.2) is 112 Å². The number of nitrogens with one attached hydrogen (secondary N) is 4. The first-order valence-corrected chi connectivity index (χ1v) is 26.0. The highest BCUT2D eigenvalue weighted by atomic mass is 16.6. The van der Waals surface area contributed by atoms with Crippen molar-refractivity contribution in [2.45, 2.75) is 91.3 Å². The van der Waals surface area contributed by atoms with Crippen LogP contribution >= 0.6 is 0 Å². The van der Waals surface area contributed by atoms with Gasteiger partial charge in [0.1, 0.15) is 18.8 Å². The predicted octanol–water partition coefficient (Wildman–Crippen LogP) is 7.01. The molecule has 0 fully saturated rings. The second kappa shape index (κ2) is 26.1. The Kier molecular flexibility index (Phi) is 18.4. The molecule has 7 amide bonds. The third-order valence-corrected chi connectivity index (χ3v) is 13.4. The van der Waals surface area contributed by atoms with Crippen molar-refractivity contribution in [2.75, 3.05) is 25.0 Å². The number of aromatic nitrogens is 7. The standard InChI is InChI=1S/C57H63N13O8/c1-36(2)52(67-49(72)16-5-4-8-29-69-50(73)23-24-51(69)74)46(71)31-40(12-10-27-60-56(58)76)55(75)64-42-20-17-38(18-21-42)34-78-57(77)68(30-26-39-25-28-59-44-14-7-6-13-43(39)44)33-47-65-53(41-19-22-48-61-35-62-70(48)32-41)54(66-47)45-15-9-11-37(3)63-45/h6-7,9,11,13-15,17-25,28,32,35-36,40,52H,4-5,8,10,12,16,26-27,29-31,33-34H2,1-3H3,(H,64,75)(H,65,66)(H,67,72)(H3,58,60,76)/t40-,52+/m1/s1. The largest absolute Gasteiger partial charge is 0.445 e. The molecule has 78 heavy (non-hydrogen) atoms. The number of nitrogens with two attached hydrogens (primary N) is 1. The Balaban J connectivity index is 0.921. The van der Waals surface area contributed by atoms with Crippen molar-refractivity contribution in [3.8, 4) is 22.6 Å². The van der Waals surface area contributed by atoms with Crippen LogP contribution < -0.4 is 21.7 Å². The van der Waals surface area contributed by atoms with E-state index in [1.165, 1.54) is 18.5 Å². The van der Waals surface area contributed by atoms with Crippen LogP contribution in [0, 0.1) is 18.8 Å². The number of benzene rings is 2. The summed E-state index contributed by atoms with van der Waals surface area (Å²) >= 11 is 0. The van der Waals surface area contributed by atoms with E-state index in [1.807, 2.05) is 87.6 Å². The number of ketones is 1. The number of para-hydroxylation sites is 1. The minimum atomic E-state index is -0.859. The Morgan fingerprint density at radius 1 is 0.859 bits per heavy atom. The molecule has 6 heterocycles. The van der Waals surface area contributed by atoms with Gasteiger partial charge in [-0.2, -0.15) is 5.10 Å². The normalized spacial score (nSPS) is 13.0. The third-order valence-electron chi connectivity index (χ3n) is 13.4. The fourth-order valence-electron chi connectivity index (χ4n) is 9.24. The first-order valence-electron chi connectivity index (χ1n) is 26.0. The number of imidazole rings is 1. The number of anilines is 1. The molecule has 0 saturated carbocycles. The molecule has 6 N–H and O–H groups in total. The molecule has 5 aromatic heterocycles. The van der Waals surface area contributed by atoms with Crippen molar-refractivity contribution >= 4 is 63.8 Å². The van der Waals surface area contributed by atoms with Crippen LogP contribution in [0.1, 0.15) is 81.4 Å². The second-order valence-electron chi connectivity index (χ2n) is 19.5. The van der Waals surface area contributed by atoms with E-state index in [1.54, 1.807) is 39.9 Å². The predicted molar refractivity (Wildman–Crippen MR) is 291 cm³/mol. The third kappa shape index (κ3) is 14.6. The molecule has 21 nitrogen and oxygen atoms in total.